The van der Waals surface area contributed by atoms with Crippen LogP contribution in [0.25, 0.3) is 0 Å². The van der Waals surface area contributed by atoms with Gasteiger partial charge in [0.1, 0.15) is 5.82 Å². The number of piperidine rings is 1. The minimum absolute atomic E-state index is 0.0970. The second kappa shape index (κ2) is 9.46. The number of hydrogen-bond donors (Lipinski definition) is 2. The molecule has 2 aromatic carbocycles. The highest BCUT2D eigenvalue weighted by molar-refractivity contribution is 5.94. The van der Waals surface area contributed by atoms with Crippen molar-refractivity contribution in [2.75, 3.05) is 25.0 Å². The van der Waals surface area contributed by atoms with Crippen molar-refractivity contribution in [2.45, 2.75) is 25.8 Å². The van der Waals surface area contributed by atoms with E-state index in [1.165, 1.54) is 12.1 Å². The topological polar surface area (TPSA) is 59.8 Å². The van der Waals surface area contributed by atoms with Gasteiger partial charge in [-0.05, 0) is 31.2 Å². The average molecular weight is 385 g/mol. The number of benzene rings is 2. The first-order valence-electron chi connectivity index (χ1n) is 9.71. The van der Waals surface area contributed by atoms with E-state index in [-0.39, 0.29) is 23.6 Å². The lowest BCUT2D eigenvalue weighted by Gasteiger charge is -2.33. The minimum Gasteiger partial charge on any atom is -0.466 e. The molecular weight excluding hydrogens is 359 g/mol. The summed E-state index contributed by atoms with van der Waals surface area (Å²) in [5.74, 6) is -0.722. The Labute approximate surface area is 164 Å². The van der Waals surface area contributed by atoms with Crippen LogP contribution in [-0.2, 0) is 14.3 Å². The van der Waals surface area contributed by atoms with Crippen molar-refractivity contribution >= 4 is 17.6 Å². The lowest BCUT2D eigenvalue weighted by molar-refractivity contribution is -0.927. The zero-order chi connectivity index (χ0) is 19.9. The first-order chi connectivity index (χ1) is 13.6. The van der Waals surface area contributed by atoms with E-state index in [1.54, 1.807) is 12.1 Å². The van der Waals surface area contributed by atoms with Crippen LogP contribution in [0.1, 0.15) is 31.4 Å². The first-order valence-corrected chi connectivity index (χ1v) is 9.71. The van der Waals surface area contributed by atoms with Crippen molar-refractivity contribution in [3.8, 4) is 0 Å². The molecule has 6 heteroatoms. The lowest BCUT2D eigenvalue weighted by atomic mass is 9.94. The molecule has 1 fully saturated rings. The maximum Gasteiger partial charge on any atom is 0.309 e. The lowest BCUT2D eigenvalue weighted by Crippen LogP contribution is -3.14. The summed E-state index contributed by atoms with van der Waals surface area (Å²) in [6, 6.07) is 15.0. The molecule has 28 heavy (non-hydrogen) atoms. The summed E-state index contributed by atoms with van der Waals surface area (Å²) in [6.45, 7) is 3.61. The summed E-state index contributed by atoms with van der Waals surface area (Å²) in [4.78, 5) is 26.2. The molecule has 1 atom stereocenters. The summed E-state index contributed by atoms with van der Waals surface area (Å²) in [6.07, 6.45) is 1.39. The molecule has 3 rings (SSSR count). The van der Waals surface area contributed by atoms with Crippen molar-refractivity contribution in [3.63, 3.8) is 0 Å². The number of hydrogen-bond acceptors (Lipinski definition) is 3. The van der Waals surface area contributed by atoms with Gasteiger partial charge in [-0.15, -0.1) is 0 Å². The Morgan fingerprint density at radius 3 is 2.36 bits per heavy atom. The molecule has 0 spiro atoms. The predicted octanol–water partition coefficient (Wildman–Crippen LogP) is 2.36. The van der Waals surface area contributed by atoms with Gasteiger partial charge in [0.2, 0.25) is 0 Å². The third kappa shape index (κ3) is 4.95. The second-order valence-electron chi connectivity index (χ2n) is 7.02. The number of nitrogens with one attached hydrogen (secondary N) is 2. The van der Waals surface area contributed by atoms with E-state index in [0.717, 1.165) is 10.5 Å². The Morgan fingerprint density at radius 2 is 1.75 bits per heavy atom. The number of esters is 1. The Balaban J connectivity index is 1.74. The van der Waals surface area contributed by atoms with Crippen LogP contribution in [0.15, 0.2) is 54.6 Å². The SMILES string of the molecule is CCOC(=O)C1CC[NH+]([C@H](C(=O)Nc2ccc(F)cc2)c2ccccc2)CC1. The van der Waals surface area contributed by atoms with Crippen LogP contribution in [0.4, 0.5) is 10.1 Å². The highest BCUT2D eigenvalue weighted by Crippen LogP contribution is 2.18. The number of amides is 1. The van der Waals surface area contributed by atoms with E-state index in [9.17, 15) is 14.0 Å². The number of quaternary nitrogens is 1. The Kier molecular flexibility index (Phi) is 6.76. The van der Waals surface area contributed by atoms with Crippen molar-refractivity contribution in [2.24, 2.45) is 5.92 Å². The maximum absolute atomic E-state index is 13.1. The predicted molar refractivity (Wildman–Crippen MR) is 104 cm³/mol. The highest BCUT2D eigenvalue weighted by atomic mass is 19.1. The van der Waals surface area contributed by atoms with Crippen LogP contribution in [0.3, 0.4) is 0 Å². The molecule has 148 valence electrons. The van der Waals surface area contributed by atoms with Gasteiger partial charge in [0.05, 0.1) is 25.6 Å². The number of anilines is 1. The molecule has 1 heterocycles. The molecule has 0 radical (unpaired) electrons. The molecule has 0 bridgehead atoms. The molecule has 5 nitrogen and oxygen atoms in total. The van der Waals surface area contributed by atoms with E-state index in [2.05, 4.69) is 5.32 Å². The average Bonchev–Trinajstić information content (AvgIpc) is 2.71. The van der Waals surface area contributed by atoms with E-state index in [4.69, 9.17) is 4.74 Å². The third-order valence-electron chi connectivity index (χ3n) is 5.16. The molecule has 1 amide bonds. The van der Waals surface area contributed by atoms with Gasteiger partial charge >= 0.3 is 5.97 Å². The van der Waals surface area contributed by atoms with Gasteiger partial charge in [-0.2, -0.15) is 0 Å². The molecule has 1 saturated heterocycles. The van der Waals surface area contributed by atoms with Crippen molar-refractivity contribution in [1.82, 2.24) is 0 Å². The molecule has 2 aromatic rings. The number of rotatable bonds is 6. The first kappa shape index (κ1) is 20.0. The molecule has 1 aliphatic rings. The van der Waals surface area contributed by atoms with Crippen molar-refractivity contribution < 1.29 is 23.6 Å². The zero-order valence-corrected chi connectivity index (χ0v) is 16.0. The van der Waals surface area contributed by atoms with Gasteiger partial charge in [0.15, 0.2) is 6.04 Å². The van der Waals surface area contributed by atoms with Crippen LogP contribution in [0.2, 0.25) is 0 Å². The summed E-state index contributed by atoms with van der Waals surface area (Å²) in [5.41, 5.74) is 1.49. The van der Waals surface area contributed by atoms with E-state index in [1.807, 2.05) is 37.3 Å². The van der Waals surface area contributed by atoms with Gasteiger partial charge in [-0.3, -0.25) is 9.59 Å². The standard InChI is InChI=1S/C22H25FN2O3/c1-2-28-22(27)17-12-14-25(15-13-17)20(16-6-4-3-5-7-16)21(26)24-19-10-8-18(23)9-11-19/h3-11,17,20H,2,12-15H2,1H3,(H,24,26)/p+1/t20-/m0/s1. The van der Waals surface area contributed by atoms with Crippen LogP contribution >= 0.6 is 0 Å². The third-order valence-corrected chi connectivity index (χ3v) is 5.16. The normalized spacial score (nSPS) is 20.2. The van der Waals surface area contributed by atoms with Crippen LogP contribution in [0, 0.1) is 11.7 Å². The summed E-state index contributed by atoms with van der Waals surface area (Å²) >= 11 is 0. The fourth-order valence-electron chi connectivity index (χ4n) is 3.74. The minimum atomic E-state index is -0.394. The molecule has 2 N–H and O–H groups in total. The van der Waals surface area contributed by atoms with Crippen molar-refractivity contribution in [3.05, 3.63) is 66.0 Å². The number of likely N-dealkylation sites (tertiary alicyclic amines) is 1. The van der Waals surface area contributed by atoms with E-state index < -0.39 is 6.04 Å². The van der Waals surface area contributed by atoms with E-state index in [0.29, 0.717) is 38.2 Å². The van der Waals surface area contributed by atoms with Gasteiger partial charge in [-0.1, -0.05) is 30.3 Å². The van der Waals surface area contributed by atoms with Crippen molar-refractivity contribution in [1.29, 1.82) is 0 Å². The highest BCUT2D eigenvalue weighted by Gasteiger charge is 2.37. The molecule has 0 aliphatic carbocycles. The number of ether oxygens (including phenoxy) is 1. The summed E-state index contributed by atoms with van der Waals surface area (Å²) in [7, 11) is 0. The fourth-order valence-corrected chi connectivity index (χ4v) is 3.74. The Bertz CT molecular complexity index is 787. The molecule has 1 aliphatic heterocycles. The Hall–Kier alpha value is -2.73. The van der Waals surface area contributed by atoms with Crippen LogP contribution in [0.5, 0.6) is 0 Å². The Morgan fingerprint density at radius 1 is 1.11 bits per heavy atom. The fraction of sp³-hybridized carbons (Fsp3) is 0.364. The van der Waals surface area contributed by atoms with E-state index >= 15 is 0 Å². The second-order valence-corrected chi connectivity index (χ2v) is 7.02. The van der Waals surface area contributed by atoms with Gasteiger partial charge in [-0.25, -0.2) is 4.39 Å². The van der Waals surface area contributed by atoms with Crippen LogP contribution in [-0.4, -0.2) is 31.6 Å². The summed E-state index contributed by atoms with van der Waals surface area (Å²) < 4.78 is 18.3. The van der Waals surface area contributed by atoms with Gasteiger partial charge in [0.25, 0.3) is 5.91 Å². The number of carbonyl (C=O) groups is 2. The smallest absolute Gasteiger partial charge is 0.309 e. The number of carbonyl (C=O) groups excluding carboxylic acids is 2. The molecule has 0 saturated carbocycles. The zero-order valence-electron chi connectivity index (χ0n) is 16.0. The maximum atomic E-state index is 13.1. The monoisotopic (exact) mass is 385 g/mol. The number of halogens is 1. The molecular formula is C22H26FN2O3+. The largest absolute Gasteiger partial charge is 0.466 e. The summed E-state index contributed by atoms with van der Waals surface area (Å²) in [5, 5.41) is 2.90. The van der Waals surface area contributed by atoms with Gasteiger partial charge < -0.3 is 15.0 Å². The van der Waals surface area contributed by atoms with Gasteiger partial charge in [0, 0.05) is 24.1 Å². The quantitative estimate of drug-likeness (QED) is 0.751. The van der Waals surface area contributed by atoms with Crippen LogP contribution < -0.4 is 10.2 Å². The molecule has 0 unspecified atom stereocenters. The molecule has 0 aromatic heterocycles.